The molecule has 0 atom stereocenters. The van der Waals surface area contributed by atoms with E-state index in [2.05, 4.69) is 5.32 Å². The van der Waals surface area contributed by atoms with Crippen molar-refractivity contribution in [3.8, 4) is 11.5 Å². The van der Waals surface area contributed by atoms with E-state index in [0.29, 0.717) is 35.4 Å². The molecule has 116 valence electrons. The molecule has 2 rings (SSSR count). The van der Waals surface area contributed by atoms with E-state index in [4.69, 9.17) is 21.1 Å². The van der Waals surface area contributed by atoms with Crippen LogP contribution in [0.25, 0.3) is 0 Å². The van der Waals surface area contributed by atoms with Crippen LogP contribution in [0.4, 0.5) is 5.69 Å². The molecule has 0 saturated heterocycles. The molecule has 0 unspecified atom stereocenters. The highest BCUT2D eigenvalue weighted by atomic mass is 35.5. The van der Waals surface area contributed by atoms with Gasteiger partial charge >= 0.3 is 0 Å². The zero-order valence-electron chi connectivity index (χ0n) is 12.6. The lowest BCUT2D eigenvalue weighted by atomic mass is 10.2. The summed E-state index contributed by atoms with van der Waals surface area (Å²) in [4.78, 5) is 11.2. The van der Waals surface area contributed by atoms with Crippen molar-refractivity contribution in [2.45, 2.75) is 13.8 Å². The molecule has 0 aliphatic rings. The quantitative estimate of drug-likeness (QED) is 0.817. The van der Waals surface area contributed by atoms with Gasteiger partial charge in [-0.25, -0.2) is 0 Å². The zero-order chi connectivity index (χ0) is 15.9. The molecule has 0 saturated carbocycles. The molecule has 0 fully saturated rings. The Hall–Kier alpha value is -2.20. The molecule has 1 N–H and O–H groups in total. The first kappa shape index (κ1) is 16.2. The fourth-order valence-corrected chi connectivity index (χ4v) is 2.09. The molecule has 0 bridgehead atoms. The topological polar surface area (TPSA) is 47.6 Å². The second-order valence-corrected chi connectivity index (χ2v) is 5.27. The summed E-state index contributed by atoms with van der Waals surface area (Å²) in [6.45, 7) is 4.18. The molecule has 2 aromatic rings. The maximum Gasteiger partial charge on any atom is 0.221 e. The minimum atomic E-state index is -0.135. The van der Waals surface area contributed by atoms with Gasteiger partial charge in [-0.1, -0.05) is 23.7 Å². The van der Waals surface area contributed by atoms with Gasteiger partial charge in [-0.15, -0.1) is 0 Å². The monoisotopic (exact) mass is 319 g/mol. The van der Waals surface area contributed by atoms with Crippen LogP contribution in [0.1, 0.15) is 12.5 Å². The molecular weight excluding hydrogens is 302 g/mol. The molecule has 0 spiro atoms. The van der Waals surface area contributed by atoms with Crippen LogP contribution in [0, 0.1) is 6.92 Å². The van der Waals surface area contributed by atoms with Crippen LogP contribution >= 0.6 is 11.6 Å². The minimum absolute atomic E-state index is 0.135. The smallest absolute Gasteiger partial charge is 0.221 e. The number of hydrogen-bond acceptors (Lipinski definition) is 3. The highest BCUT2D eigenvalue weighted by Gasteiger charge is 2.06. The van der Waals surface area contributed by atoms with Gasteiger partial charge in [0.1, 0.15) is 24.7 Å². The van der Waals surface area contributed by atoms with E-state index < -0.39 is 0 Å². The van der Waals surface area contributed by atoms with E-state index in [1.807, 2.05) is 37.3 Å². The third-order valence-electron chi connectivity index (χ3n) is 2.85. The highest BCUT2D eigenvalue weighted by Crippen LogP contribution is 2.25. The Morgan fingerprint density at radius 3 is 2.64 bits per heavy atom. The van der Waals surface area contributed by atoms with Crippen LogP contribution in [0.3, 0.4) is 0 Å². The van der Waals surface area contributed by atoms with Crippen LogP contribution in [-0.2, 0) is 4.79 Å². The number of aryl methyl sites for hydroxylation is 1. The Bertz CT molecular complexity index is 658. The summed E-state index contributed by atoms with van der Waals surface area (Å²) in [5, 5.41) is 3.37. The van der Waals surface area contributed by atoms with Gasteiger partial charge in [0.25, 0.3) is 0 Å². The Balaban J connectivity index is 1.91. The molecule has 0 aliphatic heterocycles. The van der Waals surface area contributed by atoms with E-state index in [1.165, 1.54) is 6.92 Å². The van der Waals surface area contributed by atoms with Gasteiger partial charge in [-0.05, 0) is 42.8 Å². The molecule has 0 heterocycles. The summed E-state index contributed by atoms with van der Waals surface area (Å²) in [5.41, 5.74) is 1.71. The first-order valence-electron chi connectivity index (χ1n) is 6.94. The number of carbonyl (C=O) groups is 1. The van der Waals surface area contributed by atoms with Gasteiger partial charge in [0.2, 0.25) is 5.91 Å². The number of ether oxygens (including phenoxy) is 2. The number of carbonyl (C=O) groups excluding carboxylic acids is 1. The van der Waals surface area contributed by atoms with E-state index >= 15 is 0 Å². The van der Waals surface area contributed by atoms with E-state index in [9.17, 15) is 4.79 Å². The zero-order valence-corrected chi connectivity index (χ0v) is 13.3. The molecule has 2 aromatic carbocycles. The summed E-state index contributed by atoms with van der Waals surface area (Å²) in [6, 6.07) is 12.8. The third kappa shape index (κ3) is 4.97. The number of halogens is 1. The fraction of sp³-hybridized carbons (Fsp3) is 0.235. The van der Waals surface area contributed by atoms with Crippen molar-refractivity contribution in [3.63, 3.8) is 0 Å². The molecule has 0 aliphatic carbocycles. The number of nitrogens with one attached hydrogen (secondary N) is 1. The van der Waals surface area contributed by atoms with Crippen LogP contribution in [0.2, 0.25) is 5.02 Å². The first-order valence-corrected chi connectivity index (χ1v) is 7.32. The standard InChI is InChI=1S/C17H18ClNO3/c1-12-6-7-16(19-13(2)20)17(10-12)22-9-8-21-15-5-3-4-14(18)11-15/h3-7,10-11H,8-9H2,1-2H3,(H,19,20). The summed E-state index contributed by atoms with van der Waals surface area (Å²) < 4.78 is 11.3. The summed E-state index contributed by atoms with van der Waals surface area (Å²) >= 11 is 5.89. The van der Waals surface area contributed by atoms with Crippen LogP contribution in [0.15, 0.2) is 42.5 Å². The maximum absolute atomic E-state index is 11.2. The summed E-state index contributed by atoms with van der Waals surface area (Å²) in [7, 11) is 0. The van der Waals surface area contributed by atoms with Crippen molar-refractivity contribution in [1.29, 1.82) is 0 Å². The highest BCUT2D eigenvalue weighted by molar-refractivity contribution is 6.30. The average molecular weight is 320 g/mol. The van der Waals surface area contributed by atoms with Gasteiger partial charge in [-0.3, -0.25) is 4.79 Å². The average Bonchev–Trinajstić information content (AvgIpc) is 2.46. The number of hydrogen-bond donors (Lipinski definition) is 1. The number of amides is 1. The number of benzene rings is 2. The number of rotatable bonds is 6. The van der Waals surface area contributed by atoms with Crippen molar-refractivity contribution in [2.75, 3.05) is 18.5 Å². The Morgan fingerprint density at radius 2 is 1.91 bits per heavy atom. The molecular formula is C17H18ClNO3. The van der Waals surface area contributed by atoms with E-state index in [1.54, 1.807) is 12.1 Å². The normalized spacial score (nSPS) is 10.1. The molecule has 22 heavy (non-hydrogen) atoms. The Morgan fingerprint density at radius 1 is 1.14 bits per heavy atom. The van der Waals surface area contributed by atoms with Crippen molar-refractivity contribution >= 4 is 23.2 Å². The van der Waals surface area contributed by atoms with Crippen LogP contribution in [-0.4, -0.2) is 19.1 Å². The van der Waals surface area contributed by atoms with Crippen molar-refractivity contribution in [2.24, 2.45) is 0 Å². The second kappa shape index (κ2) is 7.71. The predicted molar refractivity (Wildman–Crippen MR) is 87.9 cm³/mol. The number of anilines is 1. The van der Waals surface area contributed by atoms with Crippen molar-refractivity contribution in [3.05, 3.63) is 53.1 Å². The van der Waals surface area contributed by atoms with Gasteiger partial charge in [-0.2, -0.15) is 0 Å². The van der Waals surface area contributed by atoms with Crippen LogP contribution < -0.4 is 14.8 Å². The lowest BCUT2D eigenvalue weighted by Gasteiger charge is -2.13. The molecule has 5 heteroatoms. The Labute approximate surface area is 135 Å². The van der Waals surface area contributed by atoms with Gasteiger partial charge in [0.15, 0.2) is 0 Å². The summed E-state index contributed by atoms with van der Waals surface area (Å²) in [6.07, 6.45) is 0. The van der Waals surface area contributed by atoms with E-state index in [-0.39, 0.29) is 5.91 Å². The minimum Gasteiger partial charge on any atom is -0.490 e. The lowest BCUT2D eigenvalue weighted by molar-refractivity contribution is -0.114. The molecule has 0 radical (unpaired) electrons. The van der Waals surface area contributed by atoms with Gasteiger partial charge in [0, 0.05) is 11.9 Å². The fourth-order valence-electron chi connectivity index (χ4n) is 1.91. The SMILES string of the molecule is CC(=O)Nc1ccc(C)cc1OCCOc1cccc(Cl)c1. The summed E-state index contributed by atoms with van der Waals surface area (Å²) in [5.74, 6) is 1.19. The molecule has 1 amide bonds. The first-order chi connectivity index (χ1) is 10.5. The third-order valence-corrected chi connectivity index (χ3v) is 3.09. The van der Waals surface area contributed by atoms with Crippen LogP contribution in [0.5, 0.6) is 11.5 Å². The van der Waals surface area contributed by atoms with Crippen molar-refractivity contribution in [1.82, 2.24) is 0 Å². The predicted octanol–water partition coefficient (Wildman–Crippen LogP) is 4.06. The Kier molecular flexibility index (Phi) is 5.67. The largest absolute Gasteiger partial charge is 0.490 e. The van der Waals surface area contributed by atoms with Crippen molar-refractivity contribution < 1.29 is 14.3 Å². The lowest BCUT2D eigenvalue weighted by Crippen LogP contribution is -2.12. The van der Waals surface area contributed by atoms with E-state index in [0.717, 1.165) is 5.56 Å². The second-order valence-electron chi connectivity index (χ2n) is 4.84. The maximum atomic E-state index is 11.2. The van der Waals surface area contributed by atoms with Gasteiger partial charge in [0.05, 0.1) is 5.69 Å². The molecule has 0 aromatic heterocycles. The molecule has 4 nitrogen and oxygen atoms in total. The van der Waals surface area contributed by atoms with Gasteiger partial charge < -0.3 is 14.8 Å².